The highest BCUT2D eigenvalue weighted by atomic mass is 16.5. The van der Waals surface area contributed by atoms with E-state index < -0.39 is 5.97 Å². The average molecular weight is 213 g/mol. The summed E-state index contributed by atoms with van der Waals surface area (Å²) >= 11 is 0. The topological polar surface area (TPSA) is 58.6 Å². The van der Waals surface area contributed by atoms with Gasteiger partial charge < -0.3 is 15.2 Å². The van der Waals surface area contributed by atoms with Gasteiger partial charge in [-0.15, -0.1) is 0 Å². The van der Waals surface area contributed by atoms with Gasteiger partial charge in [0.25, 0.3) is 0 Å². The van der Waals surface area contributed by atoms with E-state index in [0.29, 0.717) is 18.6 Å². The number of carboxylic acids is 1. The number of rotatable bonds is 6. The molecule has 0 bridgehead atoms. The molecule has 0 aliphatic carbocycles. The first-order valence-corrected chi connectivity index (χ1v) is 5.38. The molecular formula is C11H19NO3. The molecule has 1 fully saturated rings. The lowest BCUT2D eigenvalue weighted by atomic mass is 10.00. The van der Waals surface area contributed by atoms with Crippen molar-refractivity contribution >= 4 is 5.97 Å². The van der Waals surface area contributed by atoms with Crippen LogP contribution in [0.3, 0.4) is 0 Å². The Hall–Kier alpha value is -0.870. The summed E-state index contributed by atoms with van der Waals surface area (Å²) in [4.78, 5) is 10.5. The molecule has 0 radical (unpaired) electrons. The van der Waals surface area contributed by atoms with Crippen LogP contribution in [0.15, 0.2) is 12.2 Å². The van der Waals surface area contributed by atoms with Gasteiger partial charge in [-0.2, -0.15) is 0 Å². The van der Waals surface area contributed by atoms with Crippen molar-refractivity contribution in [3.63, 3.8) is 0 Å². The van der Waals surface area contributed by atoms with E-state index in [1.807, 2.05) is 0 Å². The Bertz CT molecular complexity index is 240. The van der Waals surface area contributed by atoms with Crippen molar-refractivity contribution in [2.24, 2.45) is 5.92 Å². The van der Waals surface area contributed by atoms with Gasteiger partial charge in [0.05, 0.1) is 6.10 Å². The first-order valence-electron chi connectivity index (χ1n) is 5.38. The fourth-order valence-corrected chi connectivity index (χ4v) is 1.86. The van der Waals surface area contributed by atoms with Crippen LogP contribution in [0.4, 0.5) is 0 Å². The molecule has 0 saturated carbocycles. The highest BCUT2D eigenvalue weighted by molar-refractivity contribution is 5.86. The molecule has 4 nitrogen and oxygen atoms in total. The zero-order chi connectivity index (χ0) is 11.3. The summed E-state index contributed by atoms with van der Waals surface area (Å²) in [6.45, 7) is 7.56. The highest BCUT2D eigenvalue weighted by Crippen LogP contribution is 2.22. The molecule has 4 heteroatoms. The molecule has 0 amide bonds. The van der Waals surface area contributed by atoms with Crippen LogP contribution >= 0.6 is 0 Å². The van der Waals surface area contributed by atoms with Gasteiger partial charge in [-0.1, -0.05) is 13.5 Å². The van der Waals surface area contributed by atoms with Gasteiger partial charge in [0.1, 0.15) is 0 Å². The van der Waals surface area contributed by atoms with Gasteiger partial charge in [-0.05, 0) is 18.8 Å². The molecular weight excluding hydrogens is 194 g/mol. The number of hydrogen-bond donors (Lipinski definition) is 2. The molecule has 2 unspecified atom stereocenters. The molecule has 0 aromatic rings. The van der Waals surface area contributed by atoms with Crippen molar-refractivity contribution in [2.75, 3.05) is 19.7 Å². The van der Waals surface area contributed by atoms with E-state index in [9.17, 15) is 4.79 Å². The van der Waals surface area contributed by atoms with Gasteiger partial charge in [-0.25, -0.2) is 4.79 Å². The Balaban J connectivity index is 2.19. The predicted octanol–water partition coefficient (Wildman–Crippen LogP) is 1.03. The lowest BCUT2D eigenvalue weighted by Gasteiger charge is -2.17. The predicted molar refractivity (Wildman–Crippen MR) is 57.8 cm³/mol. The zero-order valence-electron chi connectivity index (χ0n) is 9.16. The Kier molecular flexibility index (Phi) is 4.78. The average Bonchev–Trinajstić information content (AvgIpc) is 2.65. The molecule has 1 rings (SSSR count). The molecule has 1 aliphatic heterocycles. The monoisotopic (exact) mass is 213 g/mol. The molecule has 2 N–H and O–H groups in total. The van der Waals surface area contributed by atoms with E-state index in [0.717, 1.165) is 26.0 Å². The highest BCUT2D eigenvalue weighted by Gasteiger charge is 2.26. The van der Waals surface area contributed by atoms with Gasteiger partial charge in [0.15, 0.2) is 0 Å². The minimum Gasteiger partial charge on any atom is -0.478 e. The summed E-state index contributed by atoms with van der Waals surface area (Å²) in [5.41, 5.74) is 0.210. The van der Waals surface area contributed by atoms with Crippen LogP contribution in [0, 0.1) is 5.92 Å². The van der Waals surface area contributed by atoms with Crippen molar-refractivity contribution in [3.05, 3.63) is 12.2 Å². The van der Waals surface area contributed by atoms with E-state index in [1.54, 1.807) is 0 Å². The number of carboxylic acid groups (broad SMARTS) is 1. The Morgan fingerprint density at radius 1 is 1.67 bits per heavy atom. The van der Waals surface area contributed by atoms with Crippen molar-refractivity contribution < 1.29 is 14.6 Å². The fraction of sp³-hybridized carbons (Fsp3) is 0.727. The van der Waals surface area contributed by atoms with Crippen molar-refractivity contribution in [1.29, 1.82) is 0 Å². The third kappa shape index (κ3) is 3.64. The lowest BCUT2D eigenvalue weighted by Crippen LogP contribution is -2.30. The molecule has 1 saturated heterocycles. The van der Waals surface area contributed by atoms with Crippen LogP contribution < -0.4 is 5.32 Å². The van der Waals surface area contributed by atoms with Crippen molar-refractivity contribution in [1.82, 2.24) is 5.32 Å². The number of aliphatic carboxylic acids is 1. The number of hydrogen-bond acceptors (Lipinski definition) is 3. The van der Waals surface area contributed by atoms with Crippen molar-refractivity contribution in [3.8, 4) is 0 Å². The molecule has 2 atom stereocenters. The summed E-state index contributed by atoms with van der Waals surface area (Å²) in [5, 5.41) is 11.7. The molecule has 0 aromatic carbocycles. The molecule has 0 spiro atoms. The number of carbonyl (C=O) groups is 1. The van der Waals surface area contributed by atoms with E-state index in [2.05, 4.69) is 18.8 Å². The minimum absolute atomic E-state index is 0.210. The molecule has 1 aliphatic rings. The molecule has 1 heterocycles. The smallest absolute Gasteiger partial charge is 0.332 e. The molecule has 0 aromatic heterocycles. The van der Waals surface area contributed by atoms with Gasteiger partial charge >= 0.3 is 5.97 Å². The Labute approximate surface area is 90.3 Å². The zero-order valence-corrected chi connectivity index (χ0v) is 9.16. The van der Waals surface area contributed by atoms with Crippen LogP contribution in [0.5, 0.6) is 0 Å². The SMILES string of the molecule is C=C(CNCC1CCOC1CC)C(=O)O. The van der Waals surface area contributed by atoms with Crippen molar-refractivity contribution in [2.45, 2.75) is 25.9 Å². The van der Waals surface area contributed by atoms with E-state index >= 15 is 0 Å². The third-order valence-corrected chi connectivity index (χ3v) is 2.80. The number of nitrogens with one attached hydrogen (secondary N) is 1. The van der Waals surface area contributed by atoms with Gasteiger partial charge in [-0.3, -0.25) is 0 Å². The Morgan fingerprint density at radius 3 is 3.00 bits per heavy atom. The number of ether oxygens (including phenoxy) is 1. The summed E-state index contributed by atoms with van der Waals surface area (Å²) < 4.78 is 5.54. The Morgan fingerprint density at radius 2 is 2.40 bits per heavy atom. The summed E-state index contributed by atoms with van der Waals surface area (Å²) in [5.74, 6) is -0.422. The lowest BCUT2D eigenvalue weighted by molar-refractivity contribution is -0.132. The normalized spacial score (nSPS) is 25.4. The van der Waals surface area contributed by atoms with Crippen LogP contribution in [0.25, 0.3) is 0 Å². The maximum absolute atomic E-state index is 10.5. The minimum atomic E-state index is -0.933. The molecule has 86 valence electrons. The third-order valence-electron chi connectivity index (χ3n) is 2.80. The maximum atomic E-state index is 10.5. The summed E-state index contributed by atoms with van der Waals surface area (Å²) in [7, 11) is 0. The largest absolute Gasteiger partial charge is 0.478 e. The second-order valence-electron chi connectivity index (χ2n) is 3.91. The van der Waals surface area contributed by atoms with Gasteiger partial charge in [0, 0.05) is 25.3 Å². The van der Waals surface area contributed by atoms with E-state index in [-0.39, 0.29) is 5.57 Å². The van der Waals surface area contributed by atoms with Crippen LogP contribution in [-0.4, -0.2) is 36.9 Å². The van der Waals surface area contributed by atoms with E-state index in [4.69, 9.17) is 9.84 Å². The van der Waals surface area contributed by atoms with Crippen LogP contribution in [-0.2, 0) is 9.53 Å². The maximum Gasteiger partial charge on any atom is 0.332 e. The van der Waals surface area contributed by atoms with E-state index in [1.165, 1.54) is 0 Å². The molecule has 15 heavy (non-hydrogen) atoms. The first-order chi connectivity index (χ1) is 7.15. The van der Waals surface area contributed by atoms with Crippen LogP contribution in [0.2, 0.25) is 0 Å². The summed E-state index contributed by atoms with van der Waals surface area (Å²) in [6.07, 6.45) is 2.41. The second-order valence-corrected chi connectivity index (χ2v) is 3.91. The fourth-order valence-electron chi connectivity index (χ4n) is 1.86. The standard InChI is InChI=1S/C11H19NO3/c1-3-10-9(4-5-15-10)7-12-6-8(2)11(13)14/h9-10,12H,2-7H2,1H3,(H,13,14). The summed E-state index contributed by atoms with van der Waals surface area (Å²) in [6, 6.07) is 0. The van der Waals surface area contributed by atoms with Gasteiger partial charge in [0.2, 0.25) is 0 Å². The quantitative estimate of drug-likeness (QED) is 0.647. The van der Waals surface area contributed by atoms with Crippen LogP contribution in [0.1, 0.15) is 19.8 Å². The second kappa shape index (κ2) is 5.88. The first kappa shape index (κ1) is 12.2.